The van der Waals surface area contributed by atoms with Gasteiger partial charge in [0.05, 0.1) is 10.9 Å². The van der Waals surface area contributed by atoms with Crippen LogP contribution in [0.2, 0.25) is 0 Å². The quantitative estimate of drug-likeness (QED) is 0.381. The third-order valence-electron chi connectivity index (χ3n) is 7.80. The molecule has 5 rings (SSSR count). The Morgan fingerprint density at radius 3 is 2.35 bits per heavy atom. The van der Waals surface area contributed by atoms with Crippen molar-refractivity contribution in [2.24, 2.45) is 12.5 Å². The number of aromatic nitrogens is 2. The van der Waals surface area contributed by atoms with Gasteiger partial charge in [0.2, 0.25) is 0 Å². The molecule has 194 valence electrons. The van der Waals surface area contributed by atoms with Gasteiger partial charge in [0.15, 0.2) is 5.16 Å². The van der Waals surface area contributed by atoms with E-state index in [4.69, 9.17) is 0 Å². The van der Waals surface area contributed by atoms with Crippen LogP contribution in [0.1, 0.15) is 45.5 Å². The number of rotatable bonds is 3. The molecule has 3 aromatic rings. The normalized spacial score (nSPS) is 17.1. The number of amides is 2. The fourth-order valence-electron chi connectivity index (χ4n) is 5.46. The monoisotopic (exact) mass is 526 g/mol. The summed E-state index contributed by atoms with van der Waals surface area (Å²) in [5.41, 5.74) is 0.429. The lowest BCUT2D eigenvalue weighted by Crippen LogP contribution is -2.45. The number of fused-ring (bicyclic) bond motifs is 1. The molecule has 37 heavy (non-hydrogen) atoms. The molecule has 1 spiro atoms. The average Bonchev–Trinajstić information content (AvgIpc) is 3.31. The minimum absolute atomic E-state index is 0.116. The predicted octanol–water partition coefficient (Wildman–Crippen LogP) is 4.01. The zero-order valence-corrected chi connectivity index (χ0v) is 21.8. The van der Waals surface area contributed by atoms with Crippen molar-refractivity contribution in [3.8, 4) is 0 Å². The van der Waals surface area contributed by atoms with Crippen LogP contribution >= 0.6 is 11.8 Å². The van der Waals surface area contributed by atoms with Crippen LogP contribution in [-0.4, -0.2) is 63.6 Å². The highest BCUT2D eigenvalue weighted by atomic mass is 32.2. The molecule has 2 amide bonds. The highest BCUT2D eigenvalue weighted by Crippen LogP contribution is 2.41. The summed E-state index contributed by atoms with van der Waals surface area (Å²) >= 11 is 1.37. The second-order valence-corrected chi connectivity index (χ2v) is 10.8. The summed E-state index contributed by atoms with van der Waals surface area (Å²) in [6, 6.07) is 7.45. The van der Waals surface area contributed by atoms with Crippen molar-refractivity contribution in [3.63, 3.8) is 0 Å². The molecule has 0 bridgehead atoms. The van der Waals surface area contributed by atoms with Crippen LogP contribution < -0.4 is 5.56 Å². The van der Waals surface area contributed by atoms with Gasteiger partial charge in [0.25, 0.3) is 17.4 Å². The summed E-state index contributed by atoms with van der Waals surface area (Å²) in [7, 11) is 1.68. The number of piperidine rings is 1. The third-order valence-corrected chi connectivity index (χ3v) is 8.53. The first-order valence-electron chi connectivity index (χ1n) is 12.2. The molecular formula is C27H28F2N4O3S. The van der Waals surface area contributed by atoms with Crippen LogP contribution in [0.25, 0.3) is 10.9 Å². The molecule has 2 aromatic carbocycles. The summed E-state index contributed by atoms with van der Waals surface area (Å²) < 4.78 is 30.2. The minimum atomic E-state index is -0.849. The van der Waals surface area contributed by atoms with Gasteiger partial charge in [-0.2, -0.15) is 0 Å². The van der Waals surface area contributed by atoms with E-state index in [1.165, 1.54) is 34.2 Å². The number of benzene rings is 2. The van der Waals surface area contributed by atoms with Crippen LogP contribution in [0, 0.1) is 24.0 Å². The molecule has 2 aliphatic heterocycles. The first kappa shape index (κ1) is 25.4. The molecule has 0 N–H and O–H groups in total. The molecule has 1 aromatic heterocycles. The molecule has 0 atom stereocenters. The van der Waals surface area contributed by atoms with Crippen molar-refractivity contribution in [1.82, 2.24) is 19.4 Å². The van der Waals surface area contributed by atoms with Crippen molar-refractivity contribution >= 4 is 34.5 Å². The Labute approximate surface area is 217 Å². The topological polar surface area (TPSA) is 75.5 Å². The van der Waals surface area contributed by atoms with Gasteiger partial charge in [-0.15, -0.1) is 0 Å². The van der Waals surface area contributed by atoms with Crippen LogP contribution in [0.3, 0.4) is 0 Å². The van der Waals surface area contributed by atoms with Crippen molar-refractivity contribution in [1.29, 1.82) is 0 Å². The Bertz CT molecular complexity index is 1480. The lowest BCUT2D eigenvalue weighted by molar-refractivity contribution is 0.0557. The SMILES string of the molecule is CSc1nc2cc(C(=O)N3CCC4(CCN(C(=O)c5c(F)ccc(C)c5F)CC4)C3)ccc2c(=O)n1C. The number of likely N-dealkylation sites (tertiary alicyclic amines) is 2. The Kier molecular flexibility index (Phi) is 6.55. The van der Waals surface area contributed by atoms with Crippen LogP contribution in [0.15, 0.2) is 40.3 Å². The molecule has 0 unspecified atom stereocenters. The van der Waals surface area contributed by atoms with E-state index in [2.05, 4.69) is 4.98 Å². The number of aryl methyl sites for hydroxylation is 1. The van der Waals surface area contributed by atoms with Crippen molar-refractivity contribution in [2.45, 2.75) is 31.3 Å². The number of nitrogens with zero attached hydrogens (tertiary/aromatic N) is 4. The molecule has 2 saturated heterocycles. The van der Waals surface area contributed by atoms with Gasteiger partial charge in [-0.05, 0) is 67.7 Å². The minimum Gasteiger partial charge on any atom is -0.338 e. The smallest absolute Gasteiger partial charge is 0.261 e. The molecule has 2 fully saturated rings. The molecule has 0 saturated carbocycles. The molecule has 2 aliphatic rings. The highest BCUT2D eigenvalue weighted by molar-refractivity contribution is 7.98. The zero-order valence-electron chi connectivity index (χ0n) is 21.0. The van der Waals surface area contributed by atoms with E-state index < -0.39 is 23.1 Å². The lowest BCUT2D eigenvalue weighted by Gasteiger charge is -2.39. The van der Waals surface area contributed by atoms with E-state index in [9.17, 15) is 23.2 Å². The van der Waals surface area contributed by atoms with Crippen molar-refractivity contribution in [3.05, 3.63) is 69.0 Å². The van der Waals surface area contributed by atoms with E-state index in [1.54, 1.807) is 25.2 Å². The molecule has 0 radical (unpaired) electrons. The summed E-state index contributed by atoms with van der Waals surface area (Å²) in [4.78, 5) is 46.7. The van der Waals surface area contributed by atoms with E-state index in [-0.39, 0.29) is 22.4 Å². The number of carbonyl (C=O) groups is 2. The highest BCUT2D eigenvalue weighted by Gasteiger charge is 2.43. The largest absolute Gasteiger partial charge is 0.338 e. The van der Waals surface area contributed by atoms with Crippen LogP contribution in [0.4, 0.5) is 8.78 Å². The van der Waals surface area contributed by atoms with Crippen LogP contribution in [-0.2, 0) is 7.05 Å². The maximum atomic E-state index is 14.5. The van der Waals surface area contributed by atoms with Crippen molar-refractivity contribution in [2.75, 3.05) is 32.4 Å². The summed E-state index contributed by atoms with van der Waals surface area (Å²) in [5.74, 6) is -2.40. The van der Waals surface area contributed by atoms with Gasteiger partial charge in [-0.1, -0.05) is 17.8 Å². The van der Waals surface area contributed by atoms with Gasteiger partial charge in [-0.25, -0.2) is 13.8 Å². The second-order valence-electron chi connectivity index (χ2n) is 10.0. The van der Waals surface area contributed by atoms with Gasteiger partial charge >= 0.3 is 0 Å². The number of halogens is 2. The Morgan fingerprint density at radius 1 is 1.00 bits per heavy atom. The summed E-state index contributed by atoms with van der Waals surface area (Å²) in [6.07, 6.45) is 3.96. The Morgan fingerprint density at radius 2 is 1.68 bits per heavy atom. The summed E-state index contributed by atoms with van der Waals surface area (Å²) in [6.45, 7) is 3.42. The Balaban J connectivity index is 1.29. The third kappa shape index (κ3) is 4.41. The number of thioether (sulfide) groups is 1. The van der Waals surface area contributed by atoms with Gasteiger partial charge in [-0.3, -0.25) is 19.0 Å². The molecule has 3 heterocycles. The first-order valence-corrected chi connectivity index (χ1v) is 13.4. The number of carbonyl (C=O) groups excluding carboxylic acids is 2. The van der Waals surface area contributed by atoms with Crippen molar-refractivity contribution < 1.29 is 18.4 Å². The predicted molar refractivity (Wildman–Crippen MR) is 138 cm³/mol. The maximum absolute atomic E-state index is 14.5. The first-order chi connectivity index (χ1) is 17.6. The number of hydrogen-bond acceptors (Lipinski definition) is 5. The fourth-order valence-corrected chi connectivity index (χ4v) is 6.01. The van der Waals surface area contributed by atoms with Gasteiger partial charge in [0.1, 0.15) is 17.2 Å². The van der Waals surface area contributed by atoms with Crippen LogP contribution in [0.5, 0.6) is 0 Å². The molecule has 10 heteroatoms. The lowest BCUT2D eigenvalue weighted by atomic mass is 9.77. The molecule has 7 nitrogen and oxygen atoms in total. The van der Waals surface area contributed by atoms with Gasteiger partial charge in [0, 0.05) is 38.8 Å². The van der Waals surface area contributed by atoms with E-state index in [1.807, 2.05) is 11.2 Å². The van der Waals surface area contributed by atoms with Gasteiger partial charge < -0.3 is 9.80 Å². The van der Waals surface area contributed by atoms with E-state index in [0.29, 0.717) is 60.6 Å². The summed E-state index contributed by atoms with van der Waals surface area (Å²) in [5, 5.41) is 1.04. The Hall–Kier alpha value is -3.27. The second kappa shape index (κ2) is 9.55. The fraction of sp³-hybridized carbons (Fsp3) is 0.407. The molecule has 0 aliphatic carbocycles. The number of hydrogen-bond donors (Lipinski definition) is 0. The van der Waals surface area contributed by atoms with E-state index >= 15 is 0 Å². The zero-order chi connectivity index (χ0) is 26.5. The maximum Gasteiger partial charge on any atom is 0.261 e. The van der Waals surface area contributed by atoms with E-state index in [0.717, 1.165) is 12.5 Å². The molecular weight excluding hydrogens is 498 g/mol. The standard InChI is InChI=1S/C27H28F2N4O3S/c1-16-4-7-19(28)21(22(16)29)25(36)32-11-8-27(9-12-32)10-13-33(15-27)23(34)17-5-6-18-20(14-17)30-26(37-3)31(2)24(18)35/h4-7,14H,8-13,15H2,1-3H3. The average molecular weight is 527 g/mol.